The second-order valence-corrected chi connectivity index (χ2v) is 8.76. The second-order valence-electron chi connectivity index (χ2n) is 6.06. The van der Waals surface area contributed by atoms with Crippen LogP contribution >= 0.6 is 48.8 Å². The Labute approximate surface area is 190 Å². The molecule has 0 radical (unpaired) electrons. The molecular weight excluding hydrogens is 456 g/mol. The van der Waals surface area contributed by atoms with Crippen molar-refractivity contribution in [2.45, 2.75) is 37.0 Å². The van der Waals surface area contributed by atoms with Crippen LogP contribution in [0.5, 0.6) is 0 Å². The van der Waals surface area contributed by atoms with Gasteiger partial charge in [0.05, 0.1) is 6.04 Å². The number of nitrogens with two attached hydrogens (primary N) is 1. The molecule has 9 nitrogen and oxygen atoms in total. The Balaban J connectivity index is 5.14. The van der Waals surface area contributed by atoms with Crippen molar-refractivity contribution in [3.8, 4) is 0 Å². The molecule has 13 heteroatoms. The average Bonchev–Trinajstić information content (AvgIpc) is 2.70. The van der Waals surface area contributed by atoms with Crippen LogP contribution in [-0.2, 0) is 19.2 Å². The van der Waals surface area contributed by atoms with Crippen molar-refractivity contribution in [1.29, 1.82) is 0 Å². The summed E-state index contributed by atoms with van der Waals surface area (Å²) < 4.78 is 0. The van der Waals surface area contributed by atoms with Gasteiger partial charge in [-0.2, -0.15) is 48.8 Å². The number of nitrogens with one attached hydrogen (secondary N) is 3. The third-order valence-corrected chi connectivity index (χ3v) is 5.86. The summed E-state index contributed by atoms with van der Waals surface area (Å²) in [5.41, 5.74) is 5.59. The highest BCUT2D eigenvalue weighted by Gasteiger charge is 2.29. The van der Waals surface area contributed by atoms with Crippen LogP contribution < -0.4 is 21.7 Å². The molecule has 29 heavy (non-hydrogen) atoms. The largest absolute Gasteiger partial charge is 0.480 e. The minimum Gasteiger partial charge on any atom is -0.480 e. The van der Waals surface area contributed by atoms with Crippen molar-refractivity contribution in [2.24, 2.45) is 5.73 Å². The third kappa shape index (κ3) is 11.3. The molecule has 0 saturated carbocycles. The van der Waals surface area contributed by atoms with Gasteiger partial charge in [0.15, 0.2) is 0 Å². The summed E-state index contributed by atoms with van der Waals surface area (Å²) in [7, 11) is 0. The summed E-state index contributed by atoms with van der Waals surface area (Å²) in [4.78, 5) is 48.4. The van der Waals surface area contributed by atoms with Crippen molar-refractivity contribution in [3.05, 3.63) is 0 Å². The first-order valence-corrected chi connectivity index (χ1v) is 12.9. The predicted octanol–water partition coefficient (Wildman–Crippen LogP) is -0.781. The molecule has 168 valence electrons. The first kappa shape index (κ1) is 28.2. The SMILES string of the molecule is CSCCC(NC(=O)C(CCSC)NC(=O)C(CS)NC(=O)C(N)CS)C(=O)O. The standard InChI is InChI=1S/C16H30N4O5S4/c1-28-5-3-10(14(22)19-11(16(24)25)4-6-29-2)18-15(23)12(8-27)20-13(21)9(17)7-26/h9-12,26-27H,3-8,17H2,1-2H3,(H,18,23)(H,19,22)(H,20,21)(H,24,25). The van der Waals surface area contributed by atoms with Crippen LogP contribution in [0.3, 0.4) is 0 Å². The smallest absolute Gasteiger partial charge is 0.326 e. The number of carboxylic acids is 1. The first-order valence-electron chi connectivity index (χ1n) is 8.80. The van der Waals surface area contributed by atoms with E-state index in [9.17, 15) is 24.3 Å². The lowest BCUT2D eigenvalue weighted by Crippen LogP contribution is -2.58. The molecule has 0 aromatic carbocycles. The van der Waals surface area contributed by atoms with Crippen LogP contribution in [0.2, 0.25) is 0 Å². The van der Waals surface area contributed by atoms with Gasteiger partial charge in [0, 0.05) is 11.5 Å². The fraction of sp³-hybridized carbons (Fsp3) is 0.750. The zero-order chi connectivity index (χ0) is 22.4. The van der Waals surface area contributed by atoms with Crippen LogP contribution in [0.1, 0.15) is 12.8 Å². The van der Waals surface area contributed by atoms with E-state index in [0.29, 0.717) is 17.9 Å². The van der Waals surface area contributed by atoms with Crippen molar-refractivity contribution in [1.82, 2.24) is 16.0 Å². The van der Waals surface area contributed by atoms with Gasteiger partial charge in [0.2, 0.25) is 17.7 Å². The van der Waals surface area contributed by atoms with Crippen molar-refractivity contribution in [2.75, 3.05) is 35.5 Å². The topological polar surface area (TPSA) is 151 Å². The molecule has 0 heterocycles. The summed E-state index contributed by atoms with van der Waals surface area (Å²) in [6.45, 7) is 0. The van der Waals surface area contributed by atoms with Crippen LogP contribution in [-0.4, -0.2) is 88.5 Å². The molecule has 4 atom stereocenters. The van der Waals surface area contributed by atoms with Crippen LogP contribution in [0.25, 0.3) is 0 Å². The Bertz CT molecular complexity index is 555. The van der Waals surface area contributed by atoms with Crippen LogP contribution in [0.15, 0.2) is 0 Å². The van der Waals surface area contributed by atoms with Crippen molar-refractivity contribution in [3.63, 3.8) is 0 Å². The number of thioether (sulfide) groups is 2. The second kappa shape index (κ2) is 16.0. The maximum atomic E-state index is 12.6. The lowest BCUT2D eigenvalue weighted by Gasteiger charge is -2.24. The number of carbonyl (C=O) groups excluding carboxylic acids is 3. The van der Waals surface area contributed by atoms with Gasteiger partial charge in [-0.3, -0.25) is 14.4 Å². The van der Waals surface area contributed by atoms with Gasteiger partial charge in [-0.15, -0.1) is 0 Å². The monoisotopic (exact) mass is 486 g/mol. The number of amides is 3. The van der Waals surface area contributed by atoms with E-state index in [-0.39, 0.29) is 17.9 Å². The Morgan fingerprint density at radius 1 is 0.828 bits per heavy atom. The molecule has 0 aliphatic heterocycles. The van der Waals surface area contributed by atoms with Crippen molar-refractivity contribution >= 4 is 72.5 Å². The van der Waals surface area contributed by atoms with E-state index in [4.69, 9.17) is 5.73 Å². The normalized spacial score (nSPS) is 14.9. The predicted molar refractivity (Wildman–Crippen MR) is 125 cm³/mol. The fourth-order valence-corrected chi connectivity index (χ4v) is 3.46. The van der Waals surface area contributed by atoms with Crippen LogP contribution in [0.4, 0.5) is 0 Å². The average molecular weight is 487 g/mol. The molecule has 0 aromatic heterocycles. The molecule has 0 aromatic rings. The Hall–Kier alpha value is -0.760. The maximum Gasteiger partial charge on any atom is 0.326 e. The number of carbonyl (C=O) groups is 4. The Morgan fingerprint density at radius 2 is 1.28 bits per heavy atom. The minimum atomic E-state index is -1.14. The summed E-state index contributed by atoms with van der Waals surface area (Å²) in [5.74, 6) is -1.63. The van der Waals surface area contributed by atoms with E-state index in [1.165, 1.54) is 23.5 Å². The zero-order valence-corrected chi connectivity index (χ0v) is 19.8. The highest BCUT2D eigenvalue weighted by atomic mass is 32.2. The van der Waals surface area contributed by atoms with E-state index >= 15 is 0 Å². The molecule has 0 aliphatic carbocycles. The lowest BCUT2D eigenvalue weighted by atomic mass is 10.1. The molecule has 6 N–H and O–H groups in total. The number of thiol groups is 2. The summed E-state index contributed by atoms with van der Waals surface area (Å²) in [6, 6.07) is -3.86. The van der Waals surface area contributed by atoms with Crippen molar-refractivity contribution < 1.29 is 24.3 Å². The highest BCUT2D eigenvalue weighted by Crippen LogP contribution is 2.06. The first-order chi connectivity index (χ1) is 13.7. The number of rotatable bonds is 15. The molecule has 0 bridgehead atoms. The Kier molecular flexibility index (Phi) is 15.6. The molecule has 0 saturated heterocycles. The van der Waals surface area contributed by atoms with E-state index < -0.39 is 47.9 Å². The Morgan fingerprint density at radius 3 is 1.72 bits per heavy atom. The van der Waals surface area contributed by atoms with Crippen LogP contribution in [0, 0.1) is 0 Å². The van der Waals surface area contributed by atoms with Gasteiger partial charge in [-0.1, -0.05) is 0 Å². The van der Waals surface area contributed by atoms with Gasteiger partial charge in [0.1, 0.15) is 18.1 Å². The maximum absolute atomic E-state index is 12.6. The van der Waals surface area contributed by atoms with Gasteiger partial charge < -0.3 is 26.8 Å². The van der Waals surface area contributed by atoms with Gasteiger partial charge in [-0.25, -0.2) is 4.79 Å². The molecule has 4 unspecified atom stereocenters. The fourth-order valence-electron chi connectivity index (χ4n) is 2.10. The lowest BCUT2D eigenvalue weighted by molar-refractivity contribution is -0.142. The number of aliphatic carboxylic acids is 1. The molecular formula is C16H30N4O5S4. The molecule has 0 fully saturated rings. The van der Waals surface area contributed by atoms with E-state index in [1.807, 2.05) is 12.5 Å². The summed E-state index contributed by atoms with van der Waals surface area (Å²) in [5, 5.41) is 16.8. The van der Waals surface area contributed by atoms with E-state index in [2.05, 4.69) is 41.2 Å². The molecule has 0 spiro atoms. The van der Waals surface area contributed by atoms with Gasteiger partial charge >= 0.3 is 5.97 Å². The molecule has 3 amide bonds. The quantitative estimate of drug-likeness (QED) is 0.149. The molecule has 0 aliphatic rings. The summed E-state index contributed by atoms with van der Waals surface area (Å²) in [6.07, 6.45) is 4.26. The zero-order valence-electron chi connectivity index (χ0n) is 16.4. The number of hydrogen-bond donors (Lipinski definition) is 7. The number of hydrogen-bond acceptors (Lipinski definition) is 9. The van der Waals surface area contributed by atoms with E-state index in [0.717, 1.165) is 0 Å². The number of carboxylic acid groups (broad SMARTS) is 1. The summed E-state index contributed by atoms with van der Waals surface area (Å²) >= 11 is 11.0. The van der Waals surface area contributed by atoms with Gasteiger partial charge in [-0.05, 0) is 36.9 Å². The minimum absolute atomic E-state index is 0.000788. The highest BCUT2D eigenvalue weighted by molar-refractivity contribution is 7.98. The van der Waals surface area contributed by atoms with Gasteiger partial charge in [0.25, 0.3) is 0 Å². The van der Waals surface area contributed by atoms with E-state index in [1.54, 1.807) is 0 Å². The molecule has 0 rings (SSSR count). The third-order valence-electron chi connectivity index (χ3n) is 3.82.